The Morgan fingerprint density at radius 2 is 1.26 bits per heavy atom. The van der Waals surface area contributed by atoms with Gasteiger partial charge in [-0.3, -0.25) is 0 Å². The van der Waals surface area contributed by atoms with Gasteiger partial charge in [0.05, 0.1) is 3.39 Å². The van der Waals surface area contributed by atoms with Crippen LogP contribution in [0.15, 0.2) is 9.47 Å². The van der Waals surface area contributed by atoms with Crippen LogP contribution in [-0.4, -0.2) is 28.3 Å². The van der Waals surface area contributed by atoms with Gasteiger partial charge in [-0.2, -0.15) is 0 Å². The second-order valence-electron chi connectivity index (χ2n) is 11.0. The van der Waals surface area contributed by atoms with Crippen molar-refractivity contribution >= 4 is 48.5 Å². The van der Waals surface area contributed by atoms with Crippen molar-refractivity contribution in [2.45, 2.75) is 103 Å². The van der Waals surface area contributed by atoms with Gasteiger partial charge in [-0.1, -0.05) is 47.6 Å². The Kier molecular flexibility index (Phi) is 11.3. The van der Waals surface area contributed by atoms with E-state index in [1.165, 1.54) is 25.7 Å². The fourth-order valence-electron chi connectivity index (χ4n) is 2.66. The minimum absolute atomic E-state index is 0.322. The van der Waals surface area contributed by atoms with Crippen LogP contribution in [0.4, 0.5) is 0 Å². The molecule has 1 aliphatic carbocycles. The highest BCUT2D eigenvalue weighted by molar-refractivity contribution is 9.28. The summed E-state index contributed by atoms with van der Waals surface area (Å²) in [7, 11) is -3.18. The van der Waals surface area contributed by atoms with Gasteiger partial charge in [0.2, 0.25) is 0 Å². The van der Waals surface area contributed by atoms with Crippen LogP contribution in [0, 0.1) is 11.8 Å². The zero-order valence-electron chi connectivity index (χ0n) is 19.4. The molecule has 6 heteroatoms. The number of aliphatic hydroxyl groups excluding tert-OH is 1. The van der Waals surface area contributed by atoms with Gasteiger partial charge in [0.15, 0.2) is 16.6 Å². The van der Waals surface area contributed by atoms with Crippen LogP contribution < -0.4 is 0 Å². The average molecular weight is 545 g/mol. The smallest absolute Gasteiger partial charge is 0.178 e. The van der Waals surface area contributed by atoms with Crippen molar-refractivity contribution in [2.24, 2.45) is 11.8 Å². The molecule has 0 aromatic carbocycles. The number of aliphatic hydroxyl groups is 1. The van der Waals surface area contributed by atoms with Gasteiger partial charge < -0.3 is 9.22 Å². The normalized spacial score (nSPS) is 22.0. The number of allylic oxidation sites excluding steroid dienone is 1. The summed E-state index contributed by atoms with van der Waals surface area (Å²) in [4.78, 5) is 0. The number of halogens is 2. The molecule has 1 fully saturated rings. The minimum Gasteiger partial charge on any atom is -0.455 e. The van der Waals surface area contributed by atoms with E-state index in [2.05, 4.69) is 106 Å². The van der Waals surface area contributed by atoms with Crippen LogP contribution in [0.5, 0.6) is 0 Å². The maximum atomic E-state index is 8.93. The van der Waals surface area contributed by atoms with Crippen LogP contribution >= 0.6 is 31.9 Å². The monoisotopic (exact) mass is 542 g/mol. The van der Waals surface area contributed by atoms with Gasteiger partial charge in [-0.25, -0.2) is 0 Å². The molecule has 0 unspecified atom stereocenters. The van der Waals surface area contributed by atoms with Crippen molar-refractivity contribution in [3.63, 3.8) is 0 Å². The number of hydrogen-bond acceptors (Lipinski definition) is 2. The first-order valence-electron chi connectivity index (χ1n) is 10.3. The molecule has 0 bridgehead atoms. The van der Waals surface area contributed by atoms with Crippen LogP contribution in [0.3, 0.4) is 0 Å². The molecule has 0 amide bonds. The summed E-state index contributed by atoms with van der Waals surface area (Å²) in [6.45, 7) is 23.7. The lowest BCUT2D eigenvalue weighted by Gasteiger charge is -2.47. The lowest BCUT2D eigenvalue weighted by molar-refractivity contribution is 0.178. The first-order chi connectivity index (χ1) is 11.9. The Morgan fingerprint density at radius 3 is 1.52 bits per heavy atom. The van der Waals surface area contributed by atoms with Gasteiger partial charge >= 0.3 is 0 Å². The highest BCUT2D eigenvalue weighted by Gasteiger charge is 2.46. The molecule has 0 atom stereocenters. The van der Waals surface area contributed by atoms with Crippen LogP contribution in [0.2, 0.25) is 36.3 Å². The standard InChI is InChI=1S/C12H30OSi2.C9H14Br2O/c1-11(2,3)14(7,8)13-15(9,10)12(4,5)6;10-9(11)5-7-1-3-8(6-12)4-2-7/h1-10H3;5,7-8,12H,1-4,6H2. The molecule has 0 aromatic heterocycles. The Labute approximate surface area is 188 Å². The Balaban J connectivity index is 0.000000511. The van der Waals surface area contributed by atoms with Gasteiger partial charge in [-0.15, -0.1) is 0 Å². The third kappa shape index (κ3) is 10.1. The van der Waals surface area contributed by atoms with E-state index in [-0.39, 0.29) is 0 Å². The first-order valence-corrected chi connectivity index (χ1v) is 17.7. The molecule has 0 heterocycles. The van der Waals surface area contributed by atoms with Crippen molar-refractivity contribution in [1.82, 2.24) is 0 Å². The summed E-state index contributed by atoms with van der Waals surface area (Å²) < 4.78 is 7.69. The number of rotatable bonds is 4. The third-order valence-electron chi connectivity index (χ3n) is 6.63. The molecule has 1 saturated carbocycles. The molecule has 2 nitrogen and oxygen atoms in total. The van der Waals surface area contributed by atoms with E-state index in [4.69, 9.17) is 9.22 Å². The molecule has 0 radical (unpaired) electrons. The average Bonchev–Trinajstić information content (AvgIpc) is 2.44. The van der Waals surface area contributed by atoms with Crippen molar-refractivity contribution in [3.05, 3.63) is 9.47 Å². The van der Waals surface area contributed by atoms with Crippen molar-refractivity contribution in [2.75, 3.05) is 6.61 Å². The maximum Gasteiger partial charge on any atom is 0.178 e. The topological polar surface area (TPSA) is 29.5 Å². The fraction of sp³-hybridized carbons (Fsp3) is 0.905. The van der Waals surface area contributed by atoms with Crippen LogP contribution in [0.25, 0.3) is 0 Å². The Morgan fingerprint density at radius 1 is 0.889 bits per heavy atom. The summed E-state index contributed by atoms with van der Waals surface area (Å²) >= 11 is 6.74. The third-order valence-corrected chi connectivity index (χ3v) is 18.5. The Hall–Kier alpha value is 1.05. The molecule has 1 rings (SSSR count). The van der Waals surface area contributed by atoms with Crippen molar-refractivity contribution in [3.8, 4) is 0 Å². The minimum atomic E-state index is -1.59. The highest BCUT2D eigenvalue weighted by atomic mass is 79.9. The van der Waals surface area contributed by atoms with E-state index in [9.17, 15) is 0 Å². The SMILES string of the molecule is CC(C)(C)[Si](C)(C)O[Si](C)(C)C(C)(C)C.OCC1CCC(C=C(Br)Br)CC1. The molecule has 0 aromatic rings. The molecule has 0 aliphatic heterocycles. The largest absolute Gasteiger partial charge is 0.455 e. The van der Waals surface area contributed by atoms with E-state index < -0.39 is 16.6 Å². The highest BCUT2D eigenvalue weighted by Crippen LogP contribution is 2.44. The van der Waals surface area contributed by atoms with E-state index in [1.54, 1.807) is 0 Å². The molecule has 162 valence electrons. The van der Waals surface area contributed by atoms with E-state index in [1.807, 2.05) is 0 Å². The molecule has 1 N–H and O–H groups in total. The Bertz CT molecular complexity index is 442. The second kappa shape index (κ2) is 10.9. The maximum absolute atomic E-state index is 8.93. The first kappa shape index (κ1) is 28.1. The van der Waals surface area contributed by atoms with Crippen molar-refractivity contribution < 1.29 is 9.22 Å². The van der Waals surface area contributed by atoms with Gasteiger partial charge in [-0.05, 0) is 106 Å². The van der Waals surface area contributed by atoms with Crippen LogP contribution in [-0.2, 0) is 4.12 Å². The summed E-state index contributed by atoms with van der Waals surface area (Å²) in [5, 5.41) is 9.57. The zero-order valence-corrected chi connectivity index (χ0v) is 24.6. The van der Waals surface area contributed by atoms with Gasteiger partial charge in [0, 0.05) is 6.61 Å². The summed E-state index contributed by atoms with van der Waals surface area (Å²) in [6.07, 6.45) is 6.99. The molecular formula is C21H44Br2O2Si2. The fourth-order valence-corrected chi connectivity index (χ4v) is 11.0. The molecule has 1 aliphatic rings. The number of hydrogen-bond donors (Lipinski definition) is 1. The van der Waals surface area contributed by atoms with E-state index in [0.717, 1.165) is 3.39 Å². The van der Waals surface area contributed by atoms with Crippen LogP contribution in [0.1, 0.15) is 67.2 Å². The molecule has 0 saturated heterocycles. The quantitative estimate of drug-likeness (QED) is 0.360. The summed E-state index contributed by atoms with van der Waals surface area (Å²) in [5.41, 5.74) is 0. The molecule has 27 heavy (non-hydrogen) atoms. The van der Waals surface area contributed by atoms with E-state index >= 15 is 0 Å². The summed E-state index contributed by atoms with van der Waals surface area (Å²) in [5.74, 6) is 1.25. The molecule has 0 spiro atoms. The summed E-state index contributed by atoms with van der Waals surface area (Å²) in [6, 6.07) is 0. The van der Waals surface area contributed by atoms with Gasteiger partial charge in [0.25, 0.3) is 0 Å². The lowest BCUT2D eigenvalue weighted by atomic mass is 9.82. The second-order valence-corrected chi connectivity index (χ2v) is 23.7. The predicted molar refractivity (Wildman–Crippen MR) is 134 cm³/mol. The van der Waals surface area contributed by atoms with Crippen molar-refractivity contribution in [1.29, 1.82) is 0 Å². The van der Waals surface area contributed by atoms with Gasteiger partial charge in [0.1, 0.15) is 0 Å². The molecular weight excluding hydrogens is 500 g/mol. The predicted octanol–water partition coefficient (Wildman–Crippen LogP) is 8.43. The lowest BCUT2D eigenvalue weighted by Crippen LogP contribution is -2.53. The van der Waals surface area contributed by atoms with E-state index in [0.29, 0.717) is 28.5 Å². The zero-order chi connectivity index (χ0) is 21.7.